The highest BCUT2D eigenvalue weighted by Crippen LogP contribution is 2.33. The van der Waals surface area contributed by atoms with Gasteiger partial charge in [-0.1, -0.05) is 28.1 Å². The van der Waals surface area contributed by atoms with Gasteiger partial charge in [0.1, 0.15) is 22.8 Å². The van der Waals surface area contributed by atoms with Gasteiger partial charge < -0.3 is 20.5 Å². The van der Waals surface area contributed by atoms with Gasteiger partial charge in [0, 0.05) is 10.2 Å². The minimum Gasteiger partial charge on any atom is -0.497 e. The second-order valence-corrected chi connectivity index (χ2v) is 7.46. The SMILES string of the molecule is COc1ccc(NC(=O)c2cnn3c2NC(C(=O)O)=CC3c2cccc(Br)c2)cc1. The zero-order chi connectivity index (χ0) is 21.3. The first-order valence-corrected chi connectivity index (χ1v) is 9.76. The van der Waals surface area contributed by atoms with E-state index < -0.39 is 17.9 Å². The van der Waals surface area contributed by atoms with Crippen molar-refractivity contribution in [1.29, 1.82) is 0 Å². The molecule has 3 aromatic rings. The van der Waals surface area contributed by atoms with E-state index in [-0.39, 0.29) is 11.3 Å². The molecule has 2 aromatic carbocycles. The van der Waals surface area contributed by atoms with E-state index in [2.05, 4.69) is 31.7 Å². The number of rotatable bonds is 5. The van der Waals surface area contributed by atoms with Crippen LogP contribution in [0.1, 0.15) is 22.0 Å². The minimum absolute atomic E-state index is 0.0218. The number of hydrogen-bond donors (Lipinski definition) is 3. The maximum Gasteiger partial charge on any atom is 0.352 e. The number of carbonyl (C=O) groups excluding carboxylic acids is 1. The lowest BCUT2D eigenvalue weighted by molar-refractivity contribution is -0.132. The lowest BCUT2D eigenvalue weighted by atomic mass is 10.0. The first kappa shape index (κ1) is 19.7. The summed E-state index contributed by atoms with van der Waals surface area (Å²) in [6.07, 6.45) is 2.99. The number of benzene rings is 2. The summed E-state index contributed by atoms with van der Waals surface area (Å²) >= 11 is 3.43. The quantitative estimate of drug-likeness (QED) is 0.524. The number of carboxylic acid groups (broad SMARTS) is 1. The van der Waals surface area contributed by atoms with Crippen LogP contribution in [0.15, 0.2) is 71.0 Å². The molecule has 1 aromatic heterocycles. The largest absolute Gasteiger partial charge is 0.497 e. The Labute approximate surface area is 180 Å². The van der Waals surface area contributed by atoms with Gasteiger partial charge in [-0.15, -0.1) is 0 Å². The molecular formula is C21H17BrN4O4. The first-order chi connectivity index (χ1) is 14.5. The van der Waals surface area contributed by atoms with E-state index in [0.29, 0.717) is 17.3 Å². The van der Waals surface area contributed by atoms with Gasteiger partial charge in [0.15, 0.2) is 0 Å². The van der Waals surface area contributed by atoms with E-state index in [9.17, 15) is 14.7 Å². The van der Waals surface area contributed by atoms with E-state index in [1.807, 2.05) is 24.3 Å². The summed E-state index contributed by atoms with van der Waals surface area (Å²) in [4.78, 5) is 24.5. The average Bonchev–Trinajstić information content (AvgIpc) is 3.17. The molecule has 0 saturated heterocycles. The van der Waals surface area contributed by atoms with Gasteiger partial charge in [-0.05, 0) is 48.0 Å². The average molecular weight is 469 g/mol. The lowest BCUT2D eigenvalue weighted by Gasteiger charge is -2.24. The zero-order valence-corrected chi connectivity index (χ0v) is 17.4. The zero-order valence-electron chi connectivity index (χ0n) is 15.8. The molecule has 4 rings (SSSR count). The summed E-state index contributed by atoms with van der Waals surface area (Å²) in [6, 6.07) is 13.9. The maximum absolute atomic E-state index is 12.9. The van der Waals surface area contributed by atoms with Crippen LogP contribution in [0.5, 0.6) is 5.75 Å². The van der Waals surface area contributed by atoms with Crippen molar-refractivity contribution in [2.24, 2.45) is 0 Å². The van der Waals surface area contributed by atoms with E-state index in [4.69, 9.17) is 4.74 Å². The molecule has 2 heterocycles. The van der Waals surface area contributed by atoms with E-state index in [1.54, 1.807) is 42.1 Å². The van der Waals surface area contributed by atoms with Crippen molar-refractivity contribution in [3.8, 4) is 5.75 Å². The van der Waals surface area contributed by atoms with E-state index >= 15 is 0 Å². The topological polar surface area (TPSA) is 105 Å². The molecular weight excluding hydrogens is 452 g/mol. The van der Waals surface area contributed by atoms with Gasteiger partial charge in [-0.3, -0.25) is 4.79 Å². The molecule has 0 saturated carbocycles. The molecule has 1 aliphatic rings. The third kappa shape index (κ3) is 3.79. The maximum atomic E-state index is 12.9. The van der Waals surface area contributed by atoms with Gasteiger partial charge >= 0.3 is 5.97 Å². The van der Waals surface area contributed by atoms with Crippen LogP contribution >= 0.6 is 15.9 Å². The second kappa shape index (κ2) is 8.03. The van der Waals surface area contributed by atoms with Crippen molar-refractivity contribution in [2.45, 2.75) is 6.04 Å². The number of methoxy groups -OCH3 is 1. The number of nitrogens with one attached hydrogen (secondary N) is 2. The van der Waals surface area contributed by atoms with Crippen molar-refractivity contribution >= 4 is 39.3 Å². The molecule has 0 radical (unpaired) electrons. The fourth-order valence-electron chi connectivity index (χ4n) is 3.19. The normalized spacial score (nSPS) is 14.9. The molecule has 0 spiro atoms. The number of anilines is 2. The first-order valence-electron chi connectivity index (χ1n) is 8.97. The standard InChI is InChI=1S/C21H17BrN4O4/c1-30-15-7-5-14(6-8-15)24-20(27)16-11-23-26-18(12-3-2-4-13(22)9-12)10-17(21(28)29)25-19(16)26/h2-11,18,25H,1H3,(H,24,27)(H,28,29). The Morgan fingerprint density at radius 1 is 1.23 bits per heavy atom. The number of hydrogen-bond acceptors (Lipinski definition) is 5. The Kier molecular flexibility index (Phi) is 5.28. The minimum atomic E-state index is -1.12. The van der Waals surface area contributed by atoms with Gasteiger partial charge in [0.25, 0.3) is 5.91 Å². The molecule has 152 valence electrons. The fraction of sp³-hybridized carbons (Fsp3) is 0.0952. The number of carbonyl (C=O) groups is 2. The summed E-state index contributed by atoms with van der Waals surface area (Å²) in [6.45, 7) is 0. The number of ether oxygens (including phenoxy) is 1. The van der Waals surface area contributed by atoms with Crippen molar-refractivity contribution in [3.05, 3.63) is 82.1 Å². The van der Waals surface area contributed by atoms with E-state index in [0.717, 1.165) is 10.0 Å². The third-order valence-electron chi connectivity index (χ3n) is 4.65. The van der Waals surface area contributed by atoms with Gasteiger partial charge in [0.05, 0.1) is 19.3 Å². The predicted molar refractivity (Wildman–Crippen MR) is 115 cm³/mol. The molecule has 30 heavy (non-hydrogen) atoms. The smallest absolute Gasteiger partial charge is 0.352 e. The van der Waals surface area contributed by atoms with Crippen LogP contribution in [0.3, 0.4) is 0 Å². The van der Waals surface area contributed by atoms with Crippen LogP contribution in [0, 0.1) is 0 Å². The molecule has 9 heteroatoms. The molecule has 0 aliphatic carbocycles. The second-order valence-electron chi connectivity index (χ2n) is 6.54. The van der Waals surface area contributed by atoms with Crippen molar-refractivity contribution in [2.75, 3.05) is 17.7 Å². The summed E-state index contributed by atoms with van der Waals surface area (Å²) in [7, 11) is 1.56. The molecule has 1 unspecified atom stereocenters. The van der Waals surface area contributed by atoms with Gasteiger partial charge in [0.2, 0.25) is 0 Å². The molecule has 1 atom stereocenters. The Morgan fingerprint density at radius 3 is 2.67 bits per heavy atom. The van der Waals surface area contributed by atoms with Gasteiger partial charge in [-0.25, -0.2) is 9.48 Å². The van der Waals surface area contributed by atoms with Crippen LogP contribution < -0.4 is 15.4 Å². The van der Waals surface area contributed by atoms with Crippen LogP contribution in [-0.4, -0.2) is 33.9 Å². The molecule has 0 bridgehead atoms. The molecule has 1 amide bonds. The van der Waals surface area contributed by atoms with E-state index in [1.165, 1.54) is 6.20 Å². The Morgan fingerprint density at radius 2 is 2.00 bits per heavy atom. The van der Waals surface area contributed by atoms with Gasteiger partial charge in [-0.2, -0.15) is 5.10 Å². The summed E-state index contributed by atoms with van der Waals surface area (Å²) in [5.41, 5.74) is 1.62. The highest BCUT2D eigenvalue weighted by atomic mass is 79.9. The summed E-state index contributed by atoms with van der Waals surface area (Å²) in [5.74, 6) is -0.547. The Hall–Kier alpha value is -3.59. The Balaban J connectivity index is 1.69. The molecule has 1 aliphatic heterocycles. The number of aromatic nitrogens is 2. The number of allylic oxidation sites excluding steroid dienone is 1. The molecule has 0 fully saturated rings. The number of nitrogens with zero attached hydrogens (tertiary/aromatic N) is 2. The lowest BCUT2D eigenvalue weighted by Crippen LogP contribution is -2.25. The summed E-state index contributed by atoms with van der Waals surface area (Å²) < 4.78 is 7.57. The molecule has 8 nitrogen and oxygen atoms in total. The molecule has 3 N–H and O–H groups in total. The number of halogens is 1. The fourth-order valence-corrected chi connectivity index (χ4v) is 3.60. The predicted octanol–water partition coefficient (Wildman–Crippen LogP) is 3.89. The number of amides is 1. The van der Waals surface area contributed by atoms with Crippen LogP contribution in [0.25, 0.3) is 0 Å². The van der Waals surface area contributed by atoms with Crippen LogP contribution in [0.2, 0.25) is 0 Å². The number of carboxylic acids is 1. The van der Waals surface area contributed by atoms with Crippen LogP contribution in [-0.2, 0) is 4.79 Å². The number of aliphatic carboxylic acids is 1. The van der Waals surface area contributed by atoms with Crippen LogP contribution in [0.4, 0.5) is 11.5 Å². The van der Waals surface area contributed by atoms with Crippen molar-refractivity contribution in [3.63, 3.8) is 0 Å². The van der Waals surface area contributed by atoms with Crippen molar-refractivity contribution < 1.29 is 19.4 Å². The summed E-state index contributed by atoms with van der Waals surface area (Å²) in [5, 5.41) is 19.5. The third-order valence-corrected chi connectivity index (χ3v) is 5.14. The highest BCUT2D eigenvalue weighted by molar-refractivity contribution is 9.10. The monoisotopic (exact) mass is 468 g/mol. The Bertz CT molecular complexity index is 1150. The van der Waals surface area contributed by atoms with Crippen molar-refractivity contribution in [1.82, 2.24) is 9.78 Å². The number of fused-ring (bicyclic) bond motifs is 1. The highest BCUT2D eigenvalue weighted by Gasteiger charge is 2.29.